The number of carbonyl (C=O) groups excluding carboxylic acids is 1. The molecule has 0 radical (unpaired) electrons. The molecule has 7 nitrogen and oxygen atoms in total. The van der Waals surface area contributed by atoms with Crippen LogP contribution in [-0.2, 0) is 11.3 Å². The van der Waals surface area contributed by atoms with Crippen LogP contribution in [0, 0.1) is 13.8 Å². The Hall–Kier alpha value is -2.67. The van der Waals surface area contributed by atoms with Crippen molar-refractivity contribution in [3.05, 3.63) is 52.8 Å². The van der Waals surface area contributed by atoms with Crippen LogP contribution in [-0.4, -0.2) is 45.4 Å². The van der Waals surface area contributed by atoms with Crippen molar-refractivity contribution in [3.8, 4) is 0 Å². The summed E-state index contributed by atoms with van der Waals surface area (Å²) in [7, 11) is 0. The summed E-state index contributed by atoms with van der Waals surface area (Å²) in [6, 6.07) is 9.23. The third kappa shape index (κ3) is 3.77. The van der Waals surface area contributed by atoms with E-state index in [0.29, 0.717) is 38.0 Å². The molecule has 0 spiro atoms. The number of carboxylic acids is 1. The monoisotopic (exact) mass is 356 g/mol. The first kappa shape index (κ1) is 18.1. The Balaban J connectivity index is 1.70. The molecule has 26 heavy (non-hydrogen) atoms. The minimum Gasteiger partial charge on any atom is -0.480 e. The van der Waals surface area contributed by atoms with Gasteiger partial charge in [0.2, 0.25) is 0 Å². The average Bonchev–Trinajstić information content (AvgIpc) is 2.93. The molecule has 7 heteroatoms. The lowest BCUT2D eigenvalue weighted by molar-refractivity contribution is -0.145. The number of aryl methyl sites for hydroxylation is 2. The highest BCUT2D eigenvalue weighted by atomic mass is 16.4. The SMILES string of the molecule is Cc1cc(C)n(Cc2ccc(C(=O)NC3(C(=O)O)CCNCC3)cc2)n1. The van der Waals surface area contributed by atoms with E-state index in [0.717, 1.165) is 17.0 Å². The van der Waals surface area contributed by atoms with Crippen molar-refractivity contribution in [2.75, 3.05) is 13.1 Å². The number of carbonyl (C=O) groups is 2. The Labute approximate surface area is 152 Å². The van der Waals surface area contributed by atoms with Gasteiger partial charge in [-0.3, -0.25) is 9.48 Å². The molecule has 0 bridgehead atoms. The van der Waals surface area contributed by atoms with Gasteiger partial charge in [-0.25, -0.2) is 4.79 Å². The van der Waals surface area contributed by atoms with Crippen LogP contribution >= 0.6 is 0 Å². The number of aliphatic carboxylic acids is 1. The maximum Gasteiger partial charge on any atom is 0.329 e. The Morgan fingerprint density at radius 2 is 1.88 bits per heavy atom. The second kappa shape index (κ2) is 7.29. The minimum absolute atomic E-state index is 0.355. The van der Waals surface area contributed by atoms with E-state index >= 15 is 0 Å². The van der Waals surface area contributed by atoms with Gasteiger partial charge >= 0.3 is 5.97 Å². The highest BCUT2D eigenvalue weighted by molar-refractivity contribution is 5.98. The van der Waals surface area contributed by atoms with Gasteiger partial charge in [-0.2, -0.15) is 5.10 Å². The molecule has 1 aliphatic heterocycles. The summed E-state index contributed by atoms with van der Waals surface area (Å²) in [5.74, 6) is -1.33. The van der Waals surface area contributed by atoms with Crippen molar-refractivity contribution in [2.45, 2.75) is 38.8 Å². The summed E-state index contributed by atoms with van der Waals surface area (Å²) in [6.45, 7) is 5.75. The number of benzene rings is 1. The average molecular weight is 356 g/mol. The van der Waals surface area contributed by atoms with Crippen LogP contribution in [0.3, 0.4) is 0 Å². The molecule has 0 aliphatic carbocycles. The molecule has 1 aromatic heterocycles. The molecule has 3 N–H and O–H groups in total. The lowest BCUT2D eigenvalue weighted by Crippen LogP contribution is -2.59. The van der Waals surface area contributed by atoms with Gasteiger partial charge in [0.25, 0.3) is 5.91 Å². The Morgan fingerprint density at radius 1 is 1.23 bits per heavy atom. The van der Waals surface area contributed by atoms with Gasteiger partial charge < -0.3 is 15.7 Å². The van der Waals surface area contributed by atoms with Crippen LogP contribution in [0.4, 0.5) is 0 Å². The number of carboxylic acid groups (broad SMARTS) is 1. The van der Waals surface area contributed by atoms with E-state index in [9.17, 15) is 14.7 Å². The summed E-state index contributed by atoms with van der Waals surface area (Å²) in [5, 5.41) is 19.9. The van der Waals surface area contributed by atoms with Crippen molar-refractivity contribution in [2.24, 2.45) is 0 Å². The van der Waals surface area contributed by atoms with Crippen LogP contribution in [0.15, 0.2) is 30.3 Å². The second-order valence-corrected chi connectivity index (χ2v) is 6.87. The topological polar surface area (TPSA) is 96.2 Å². The van der Waals surface area contributed by atoms with Crippen molar-refractivity contribution in [3.63, 3.8) is 0 Å². The quantitative estimate of drug-likeness (QED) is 0.754. The molecule has 1 aromatic carbocycles. The van der Waals surface area contributed by atoms with E-state index in [1.54, 1.807) is 12.1 Å². The Morgan fingerprint density at radius 3 is 2.42 bits per heavy atom. The van der Waals surface area contributed by atoms with Gasteiger partial charge in [0.1, 0.15) is 5.54 Å². The number of nitrogens with one attached hydrogen (secondary N) is 2. The fraction of sp³-hybridized carbons (Fsp3) is 0.421. The normalized spacial score (nSPS) is 16.2. The third-order valence-corrected chi connectivity index (χ3v) is 4.87. The molecule has 0 atom stereocenters. The van der Waals surface area contributed by atoms with Crippen molar-refractivity contribution in [1.29, 1.82) is 0 Å². The lowest BCUT2D eigenvalue weighted by Gasteiger charge is -2.34. The van der Waals surface area contributed by atoms with Crippen molar-refractivity contribution >= 4 is 11.9 Å². The van der Waals surface area contributed by atoms with Gasteiger partial charge in [0.15, 0.2) is 0 Å². The Bertz CT molecular complexity index is 805. The van der Waals surface area contributed by atoms with Crippen LogP contribution in [0.25, 0.3) is 0 Å². The summed E-state index contributed by atoms with van der Waals surface area (Å²) < 4.78 is 1.92. The fourth-order valence-electron chi connectivity index (χ4n) is 3.30. The van der Waals surface area contributed by atoms with Crippen molar-refractivity contribution < 1.29 is 14.7 Å². The number of hydrogen-bond acceptors (Lipinski definition) is 4. The minimum atomic E-state index is -1.19. The first-order valence-corrected chi connectivity index (χ1v) is 8.76. The largest absolute Gasteiger partial charge is 0.480 e. The highest BCUT2D eigenvalue weighted by Crippen LogP contribution is 2.20. The van der Waals surface area contributed by atoms with Gasteiger partial charge in [-0.05, 0) is 63.5 Å². The number of hydrogen-bond donors (Lipinski definition) is 3. The standard InChI is InChI=1S/C19H24N4O3/c1-13-11-14(2)23(22-13)12-15-3-5-16(6-4-15)17(24)21-19(18(25)26)7-9-20-10-8-19/h3-6,11,20H,7-10,12H2,1-2H3,(H,21,24)(H,25,26). The first-order valence-electron chi connectivity index (χ1n) is 8.76. The van der Waals surface area contributed by atoms with E-state index in [2.05, 4.69) is 15.7 Å². The predicted molar refractivity (Wildman–Crippen MR) is 97.2 cm³/mol. The van der Waals surface area contributed by atoms with E-state index in [1.807, 2.05) is 36.7 Å². The number of rotatable bonds is 5. The first-order chi connectivity index (χ1) is 12.4. The summed E-state index contributed by atoms with van der Waals surface area (Å²) in [5.41, 5.74) is 2.35. The summed E-state index contributed by atoms with van der Waals surface area (Å²) >= 11 is 0. The van der Waals surface area contributed by atoms with Gasteiger partial charge in [-0.15, -0.1) is 0 Å². The molecule has 1 amide bonds. The van der Waals surface area contributed by atoms with E-state index in [-0.39, 0.29) is 5.91 Å². The van der Waals surface area contributed by atoms with Crippen LogP contribution < -0.4 is 10.6 Å². The van der Waals surface area contributed by atoms with Crippen molar-refractivity contribution in [1.82, 2.24) is 20.4 Å². The number of aromatic nitrogens is 2. The highest BCUT2D eigenvalue weighted by Gasteiger charge is 2.41. The van der Waals surface area contributed by atoms with E-state index < -0.39 is 11.5 Å². The second-order valence-electron chi connectivity index (χ2n) is 6.87. The molecule has 1 fully saturated rings. The van der Waals surface area contributed by atoms with Gasteiger partial charge in [0.05, 0.1) is 12.2 Å². The van der Waals surface area contributed by atoms with Crippen LogP contribution in [0.5, 0.6) is 0 Å². The molecular formula is C19H24N4O3. The van der Waals surface area contributed by atoms with Crippen LogP contribution in [0.2, 0.25) is 0 Å². The van der Waals surface area contributed by atoms with E-state index in [1.165, 1.54) is 0 Å². The number of amides is 1. The smallest absolute Gasteiger partial charge is 0.329 e. The van der Waals surface area contributed by atoms with Gasteiger partial charge in [0, 0.05) is 11.3 Å². The number of nitrogens with zero attached hydrogens (tertiary/aromatic N) is 2. The predicted octanol–water partition coefficient (Wildman–Crippen LogP) is 1.48. The Kier molecular flexibility index (Phi) is 5.08. The zero-order valence-corrected chi connectivity index (χ0v) is 15.1. The molecule has 138 valence electrons. The lowest BCUT2D eigenvalue weighted by atomic mass is 9.88. The molecule has 3 rings (SSSR count). The molecule has 1 saturated heterocycles. The summed E-state index contributed by atoms with van der Waals surface area (Å²) in [6.07, 6.45) is 0.758. The fourth-order valence-corrected chi connectivity index (χ4v) is 3.30. The molecule has 0 unspecified atom stereocenters. The number of piperidine rings is 1. The molecule has 0 saturated carbocycles. The zero-order valence-electron chi connectivity index (χ0n) is 15.1. The molecule has 2 heterocycles. The zero-order chi connectivity index (χ0) is 18.7. The maximum absolute atomic E-state index is 12.5. The maximum atomic E-state index is 12.5. The summed E-state index contributed by atoms with van der Waals surface area (Å²) in [4.78, 5) is 24.2. The third-order valence-electron chi connectivity index (χ3n) is 4.87. The van der Waals surface area contributed by atoms with Crippen LogP contribution in [0.1, 0.15) is 40.2 Å². The molecule has 2 aromatic rings. The molecular weight excluding hydrogens is 332 g/mol. The molecule has 1 aliphatic rings. The van der Waals surface area contributed by atoms with Gasteiger partial charge in [-0.1, -0.05) is 12.1 Å². The van der Waals surface area contributed by atoms with E-state index in [4.69, 9.17) is 0 Å².